The average molecular weight is 443 g/mol. The number of carboxylic acid groups (broad SMARTS) is 1. The number of pyridine rings is 1. The molecule has 0 fully saturated rings. The van der Waals surface area contributed by atoms with Gasteiger partial charge in [-0.25, -0.2) is 9.78 Å². The lowest BCUT2D eigenvalue weighted by Gasteiger charge is -2.10. The molecule has 31 heavy (non-hydrogen) atoms. The molecule has 0 saturated carbocycles. The van der Waals surface area contributed by atoms with E-state index in [0.29, 0.717) is 22.7 Å². The van der Waals surface area contributed by atoms with Crippen LogP contribution in [0.5, 0.6) is 17.4 Å². The van der Waals surface area contributed by atoms with Crippen molar-refractivity contribution >= 4 is 35.2 Å². The summed E-state index contributed by atoms with van der Waals surface area (Å²) in [6.07, 6.45) is 2.60. The van der Waals surface area contributed by atoms with E-state index in [1.165, 1.54) is 37.6 Å². The van der Waals surface area contributed by atoms with E-state index in [1.807, 2.05) is 0 Å². The van der Waals surface area contributed by atoms with E-state index in [-0.39, 0.29) is 22.2 Å². The second-order valence-corrected chi connectivity index (χ2v) is 6.40. The molecule has 1 aromatic heterocycles. The number of hydrazone groups is 1. The molecule has 0 aliphatic rings. The molecule has 1 heterocycles. The van der Waals surface area contributed by atoms with Gasteiger partial charge in [-0.2, -0.15) is 5.10 Å². The van der Waals surface area contributed by atoms with Crippen molar-refractivity contribution in [3.05, 3.63) is 81.0 Å². The summed E-state index contributed by atoms with van der Waals surface area (Å²) < 4.78 is 10.9. The fourth-order valence-corrected chi connectivity index (χ4v) is 2.64. The molecule has 0 saturated heterocycles. The van der Waals surface area contributed by atoms with Crippen LogP contribution in [0.1, 0.15) is 15.9 Å². The number of nitrogens with one attached hydrogen (secondary N) is 1. The van der Waals surface area contributed by atoms with Crippen LogP contribution in [0.15, 0.2) is 59.8 Å². The molecule has 10 nitrogen and oxygen atoms in total. The van der Waals surface area contributed by atoms with Crippen molar-refractivity contribution in [3.63, 3.8) is 0 Å². The highest BCUT2D eigenvalue weighted by atomic mass is 35.5. The Morgan fingerprint density at radius 1 is 1.23 bits per heavy atom. The van der Waals surface area contributed by atoms with Gasteiger partial charge in [-0.15, -0.1) is 0 Å². The number of ether oxygens (including phenoxy) is 2. The Morgan fingerprint density at radius 3 is 2.68 bits per heavy atom. The molecule has 0 unspecified atom stereocenters. The predicted molar refractivity (Wildman–Crippen MR) is 114 cm³/mol. The number of methoxy groups -OCH3 is 1. The first-order chi connectivity index (χ1) is 14.9. The number of carbonyl (C=O) groups is 1. The molecule has 0 spiro atoms. The lowest BCUT2D eigenvalue weighted by Crippen LogP contribution is -1.99. The summed E-state index contributed by atoms with van der Waals surface area (Å²) in [4.78, 5) is 25.2. The van der Waals surface area contributed by atoms with Crippen LogP contribution in [0.2, 0.25) is 5.02 Å². The third-order valence-electron chi connectivity index (χ3n) is 3.94. The molecule has 0 bridgehead atoms. The Morgan fingerprint density at radius 2 is 2.03 bits per heavy atom. The fraction of sp³-hybridized carbons (Fsp3) is 0.0500. The number of hydrogen-bond donors (Lipinski definition) is 2. The minimum absolute atomic E-state index is 0.0371. The quantitative estimate of drug-likeness (QED) is 0.293. The number of benzene rings is 2. The third-order valence-corrected chi connectivity index (χ3v) is 4.27. The van der Waals surface area contributed by atoms with Gasteiger partial charge in [0.05, 0.1) is 34.5 Å². The minimum Gasteiger partial charge on any atom is -0.493 e. The van der Waals surface area contributed by atoms with Crippen LogP contribution in [0.3, 0.4) is 0 Å². The first-order valence-electron chi connectivity index (χ1n) is 8.65. The summed E-state index contributed by atoms with van der Waals surface area (Å²) in [5.74, 6) is -0.217. The van der Waals surface area contributed by atoms with Gasteiger partial charge in [0, 0.05) is 12.1 Å². The molecule has 0 radical (unpaired) electrons. The predicted octanol–water partition coefficient (Wildman–Crippen LogP) is 4.59. The van der Waals surface area contributed by atoms with E-state index in [2.05, 4.69) is 15.5 Å². The number of aromatic nitrogens is 1. The molecule has 11 heteroatoms. The Balaban J connectivity index is 1.71. The smallest absolute Gasteiger partial charge is 0.337 e. The van der Waals surface area contributed by atoms with E-state index >= 15 is 0 Å². The second kappa shape index (κ2) is 9.55. The SMILES string of the molecule is COc1cc(/C=N/Nc2ccc(Cl)c(C(=O)O)c2)ccc1Oc1ccc([N+](=O)[O-])cn1. The van der Waals surface area contributed by atoms with E-state index in [0.717, 1.165) is 6.20 Å². The Kier molecular flexibility index (Phi) is 6.63. The van der Waals surface area contributed by atoms with E-state index < -0.39 is 10.9 Å². The lowest BCUT2D eigenvalue weighted by atomic mass is 10.2. The van der Waals surface area contributed by atoms with Crippen LogP contribution in [0, 0.1) is 10.1 Å². The molecule has 3 aromatic rings. The van der Waals surface area contributed by atoms with Crippen molar-refractivity contribution in [2.45, 2.75) is 0 Å². The van der Waals surface area contributed by atoms with Crippen molar-refractivity contribution in [2.75, 3.05) is 12.5 Å². The molecule has 0 aliphatic heterocycles. The Labute approximate surface area is 180 Å². The zero-order chi connectivity index (χ0) is 22.4. The summed E-state index contributed by atoms with van der Waals surface area (Å²) in [7, 11) is 1.46. The number of hydrogen-bond acceptors (Lipinski definition) is 8. The highest BCUT2D eigenvalue weighted by Crippen LogP contribution is 2.31. The van der Waals surface area contributed by atoms with E-state index in [4.69, 9.17) is 26.2 Å². The molecular formula is C20H15ClN4O6. The van der Waals surface area contributed by atoms with Crippen molar-refractivity contribution < 1.29 is 24.3 Å². The third kappa shape index (κ3) is 5.46. The summed E-state index contributed by atoms with van der Waals surface area (Å²) in [5, 5.41) is 24.0. The first-order valence-corrected chi connectivity index (χ1v) is 9.03. The van der Waals surface area contributed by atoms with Crippen molar-refractivity contribution in [1.82, 2.24) is 4.98 Å². The Hall–Kier alpha value is -4.18. The van der Waals surface area contributed by atoms with Crippen LogP contribution in [-0.4, -0.2) is 34.3 Å². The molecule has 0 aliphatic carbocycles. The van der Waals surface area contributed by atoms with Gasteiger partial charge in [-0.05, 0) is 42.0 Å². The van der Waals surface area contributed by atoms with Crippen LogP contribution in [-0.2, 0) is 0 Å². The largest absolute Gasteiger partial charge is 0.493 e. The molecule has 2 N–H and O–H groups in total. The standard InChI is InChI=1S/C20H15ClN4O6/c1-30-18-8-12(10-23-24-13-3-5-16(21)15(9-13)20(26)27)2-6-17(18)31-19-7-4-14(11-22-19)25(28)29/h2-11,24H,1H3,(H,26,27)/b23-10+. The van der Waals surface area contributed by atoms with Gasteiger partial charge in [0.25, 0.3) is 5.69 Å². The van der Waals surface area contributed by atoms with Gasteiger partial charge in [0.1, 0.15) is 6.20 Å². The van der Waals surface area contributed by atoms with Crippen molar-refractivity contribution in [2.24, 2.45) is 5.10 Å². The molecule has 158 valence electrons. The molecule has 3 rings (SSSR count). The van der Waals surface area contributed by atoms with Crippen LogP contribution in [0.25, 0.3) is 0 Å². The highest BCUT2D eigenvalue weighted by Gasteiger charge is 2.11. The maximum atomic E-state index is 11.1. The number of nitrogens with zero attached hydrogens (tertiary/aromatic N) is 3. The van der Waals surface area contributed by atoms with Crippen LogP contribution in [0.4, 0.5) is 11.4 Å². The van der Waals surface area contributed by atoms with Crippen molar-refractivity contribution in [3.8, 4) is 17.4 Å². The average Bonchev–Trinajstić information content (AvgIpc) is 2.76. The van der Waals surface area contributed by atoms with Gasteiger partial charge in [-0.3, -0.25) is 15.5 Å². The zero-order valence-electron chi connectivity index (χ0n) is 16.0. The first kappa shape index (κ1) is 21.5. The van der Waals surface area contributed by atoms with Gasteiger partial charge >= 0.3 is 5.97 Å². The number of rotatable bonds is 8. The number of anilines is 1. The van der Waals surface area contributed by atoms with Gasteiger partial charge < -0.3 is 14.6 Å². The van der Waals surface area contributed by atoms with E-state index in [9.17, 15) is 14.9 Å². The molecule has 0 atom stereocenters. The van der Waals surface area contributed by atoms with Crippen LogP contribution < -0.4 is 14.9 Å². The minimum atomic E-state index is -1.14. The Bertz CT molecular complexity index is 1150. The molecular weight excluding hydrogens is 428 g/mol. The van der Waals surface area contributed by atoms with Gasteiger partial charge in [0.2, 0.25) is 5.88 Å². The normalized spacial score (nSPS) is 10.6. The van der Waals surface area contributed by atoms with Gasteiger partial charge in [-0.1, -0.05) is 11.6 Å². The van der Waals surface area contributed by atoms with Crippen molar-refractivity contribution in [1.29, 1.82) is 0 Å². The second-order valence-electron chi connectivity index (χ2n) is 5.99. The maximum absolute atomic E-state index is 11.1. The fourth-order valence-electron chi connectivity index (χ4n) is 2.44. The van der Waals surface area contributed by atoms with Gasteiger partial charge in [0.15, 0.2) is 11.5 Å². The number of nitro groups is 1. The van der Waals surface area contributed by atoms with Crippen LogP contribution >= 0.6 is 11.6 Å². The summed E-state index contributed by atoms with van der Waals surface area (Å²) in [6.45, 7) is 0. The number of aromatic carboxylic acids is 1. The highest BCUT2D eigenvalue weighted by molar-refractivity contribution is 6.33. The lowest BCUT2D eigenvalue weighted by molar-refractivity contribution is -0.385. The summed E-state index contributed by atoms with van der Waals surface area (Å²) in [6, 6.07) is 12.1. The number of carboxylic acids is 1. The summed E-state index contributed by atoms with van der Waals surface area (Å²) >= 11 is 5.84. The topological polar surface area (TPSA) is 136 Å². The monoisotopic (exact) mass is 442 g/mol. The maximum Gasteiger partial charge on any atom is 0.337 e. The summed E-state index contributed by atoms with van der Waals surface area (Å²) in [5.41, 5.74) is 3.67. The zero-order valence-corrected chi connectivity index (χ0v) is 16.7. The molecule has 2 aromatic carbocycles. The van der Waals surface area contributed by atoms with E-state index in [1.54, 1.807) is 24.3 Å². The number of halogens is 1. The molecule has 0 amide bonds.